The summed E-state index contributed by atoms with van der Waals surface area (Å²) < 4.78 is 41.2. The van der Waals surface area contributed by atoms with Gasteiger partial charge < -0.3 is 14.5 Å². The third kappa shape index (κ3) is 6.49. The first-order valence-corrected chi connectivity index (χ1v) is 13.8. The van der Waals surface area contributed by atoms with Crippen LogP contribution in [0, 0.1) is 12.8 Å². The van der Waals surface area contributed by atoms with Gasteiger partial charge in [-0.25, -0.2) is 0 Å². The van der Waals surface area contributed by atoms with Gasteiger partial charge in [0.1, 0.15) is 5.75 Å². The van der Waals surface area contributed by atoms with Crippen molar-refractivity contribution in [2.75, 3.05) is 13.1 Å². The maximum absolute atomic E-state index is 13.1. The third-order valence-electron chi connectivity index (χ3n) is 8.35. The highest BCUT2D eigenvalue weighted by Gasteiger charge is 2.32. The molecule has 37 heavy (non-hydrogen) atoms. The minimum absolute atomic E-state index is 0.00683. The summed E-state index contributed by atoms with van der Waals surface area (Å²) in [4.78, 5) is 17.7. The number of ether oxygens (including phenoxy) is 1. The van der Waals surface area contributed by atoms with Crippen molar-refractivity contribution in [2.24, 2.45) is 5.92 Å². The maximum Gasteiger partial charge on any atom is 0.573 e. The predicted molar refractivity (Wildman–Crippen MR) is 137 cm³/mol. The van der Waals surface area contributed by atoms with Crippen LogP contribution < -0.4 is 4.74 Å². The SMILES string of the molecule is Cc1cc(CC2CCCN(C3CCCC3)CCC2)cc2c1C(=O)N(Cc1ccc(OC(F)(F)F)cc1)C2. The molecule has 1 saturated heterocycles. The van der Waals surface area contributed by atoms with Gasteiger partial charge in [-0.1, -0.05) is 37.1 Å². The molecule has 0 unspecified atom stereocenters. The average molecular weight is 515 g/mol. The molecule has 2 aliphatic heterocycles. The van der Waals surface area contributed by atoms with E-state index in [4.69, 9.17) is 0 Å². The molecular weight excluding hydrogens is 477 g/mol. The van der Waals surface area contributed by atoms with Gasteiger partial charge in [-0.05, 0) is 105 Å². The van der Waals surface area contributed by atoms with Crippen molar-refractivity contribution in [3.63, 3.8) is 0 Å². The predicted octanol–water partition coefficient (Wildman–Crippen LogP) is 7.03. The summed E-state index contributed by atoms with van der Waals surface area (Å²) >= 11 is 0. The number of likely N-dealkylation sites (tertiary alicyclic amines) is 1. The summed E-state index contributed by atoms with van der Waals surface area (Å²) in [5, 5.41) is 0. The van der Waals surface area contributed by atoms with E-state index in [0.717, 1.165) is 34.7 Å². The second-order valence-corrected chi connectivity index (χ2v) is 11.1. The van der Waals surface area contributed by atoms with Crippen LogP contribution in [-0.2, 0) is 19.5 Å². The number of fused-ring (bicyclic) bond motifs is 1. The molecule has 4 nitrogen and oxygen atoms in total. The Bertz CT molecular complexity index is 1080. The van der Waals surface area contributed by atoms with Crippen LogP contribution in [0.5, 0.6) is 5.75 Å². The summed E-state index contributed by atoms with van der Waals surface area (Å²) in [5.41, 5.74) is 4.96. The number of hydrogen-bond acceptors (Lipinski definition) is 3. The van der Waals surface area contributed by atoms with E-state index in [0.29, 0.717) is 19.0 Å². The normalized spacial score (nSPS) is 20.2. The maximum atomic E-state index is 13.1. The number of benzene rings is 2. The van der Waals surface area contributed by atoms with Crippen LogP contribution in [0.4, 0.5) is 13.2 Å². The van der Waals surface area contributed by atoms with Crippen molar-refractivity contribution in [2.45, 2.75) is 90.2 Å². The lowest BCUT2D eigenvalue weighted by atomic mass is 9.87. The molecule has 7 heteroatoms. The minimum Gasteiger partial charge on any atom is -0.406 e. The lowest BCUT2D eigenvalue weighted by Gasteiger charge is -2.32. The molecule has 0 aromatic heterocycles. The van der Waals surface area contributed by atoms with Crippen LogP contribution in [0.3, 0.4) is 0 Å². The van der Waals surface area contributed by atoms with Gasteiger partial charge in [-0.15, -0.1) is 13.2 Å². The summed E-state index contributed by atoms with van der Waals surface area (Å²) in [7, 11) is 0. The zero-order chi connectivity index (χ0) is 26.0. The van der Waals surface area contributed by atoms with Crippen molar-refractivity contribution in [3.8, 4) is 5.75 Å². The van der Waals surface area contributed by atoms with E-state index < -0.39 is 6.36 Å². The molecule has 200 valence electrons. The summed E-state index contributed by atoms with van der Waals surface area (Å²) in [5.74, 6) is 0.426. The molecule has 2 heterocycles. The number of rotatable bonds is 6. The van der Waals surface area contributed by atoms with Crippen LogP contribution in [0.1, 0.15) is 84.0 Å². The van der Waals surface area contributed by atoms with E-state index in [-0.39, 0.29) is 11.7 Å². The molecule has 0 atom stereocenters. The van der Waals surface area contributed by atoms with Crippen LogP contribution in [0.2, 0.25) is 0 Å². The van der Waals surface area contributed by atoms with Gasteiger partial charge in [0.25, 0.3) is 5.91 Å². The Morgan fingerprint density at radius 1 is 0.919 bits per heavy atom. The Hall–Kier alpha value is -2.54. The topological polar surface area (TPSA) is 32.8 Å². The fourth-order valence-corrected chi connectivity index (χ4v) is 6.66. The van der Waals surface area contributed by atoms with Gasteiger partial charge in [0.2, 0.25) is 0 Å². The van der Waals surface area contributed by atoms with Gasteiger partial charge >= 0.3 is 6.36 Å². The highest BCUT2D eigenvalue weighted by molar-refractivity contribution is 5.99. The Morgan fingerprint density at radius 3 is 2.24 bits per heavy atom. The Labute approximate surface area is 217 Å². The van der Waals surface area contributed by atoms with Crippen molar-refractivity contribution >= 4 is 5.91 Å². The first-order valence-electron chi connectivity index (χ1n) is 13.8. The molecule has 1 saturated carbocycles. The van der Waals surface area contributed by atoms with E-state index in [9.17, 15) is 18.0 Å². The zero-order valence-electron chi connectivity index (χ0n) is 21.7. The van der Waals surface area contributed by atoms with Crippen LogP contribution in [-0.4, -0.2) is 41.2 Å². The lowest BCUT2D eigenvalue weighted by molar-refractivity contribution is -0.274. The number of carbonyl (C=O) groups is 1. The second-order valence-electron chi connectivity index (χ2n) is 11.1. The van der Waals surface area contributed by atoms with Crippen molar-refractivity contribution in [3.05, 3.63) is 64.2 Å². The fourth-order valence-electron chi connectivity index (χ4n) is 6.66. The van der Waals surface area contributed by atoms with Gasteiger partial charge in [-0.2, -0.15) is 0 Å². The van der Waals surface area contributed by atoms with Gasteiger partial charge in [0, 0.05) is 24.7 Å². The minimum atomic E-state index is -4.71. The van der Waals surface area contributed by atoms with E-state index in [1.165, 1.54) is 82.2 Å². The number of halogens is 3. The molecule has 3 aliphatic rings. The molecule has 0 bridgehead atoms. The second kappa shape index (κ2) is 11.1. The highest BCUT2D eigenvalue weighted by Crippen LogP contribution is 2.32. The highest BCUT2D eigenvalue weighted by atomic mass is 19.4. The smallest absolute Gasteiger partial charge is 0.406 e. The Kier molecular flexibility index (Phi) is 7.80. The fraction of sp³-hybridized carbons (Fsp3) is 0.567. The number of hydrogen-bond donors (Lipinski definition) is 0. The molecule has 1 amide bonds. The van der Waals surface area contributed by atoms with Gasteiger partial charge in [-0.3, -0.25) is 4.79 Å². The first-order chi connectivity index (χ1) is 17.7. The molecular formula is C30H37F3N2O2. The van der Waals surface area contributed by atoms with Crippen LogP contribution in [0.15, 0.2) is 36.4 Å². The molecule has 2 aromatic rings. The quantitative estimate of drug-likeness (QED) is 0.415. The molecule has 0 spiro atoms. The Morgan fingerprint density at radius 2 is 1.59 bits per heavy atom. The molecule has 0 radical (unpaired) electrons. The van der Waals surface area contributed by atoms with Crippen molar-refractivity contribution in [1.29, 1.82) is 0 Å². The molecule has 5 rings (SSSR count). The molecule has 1 aliphatic carbocycles. The number of aryl methyl sites for hydroxylation is 1. The van der Waals surface area contributed by atoms with Crippen molar-refractivity contribution < 1.29 is 22.7 Å². The number of carbonyl (C=O) groups excluding carboxylic acids is 1. The molecule has 2 aromatic carbocycles. The van der Waals surface area contributed by atoms with Gasteiger partial charge in [0.05, 0.1) is 0 Å². The number of nitrogens with zero attached hydrogens (tertiary/aromatic N) is 2. The zero-order valence-corrected chi connectivity index (χ0v) is 21.7. The molecule has 2 fully saturated rings. The van der Waals surface area contributed by atoms with Crippen LogP contribution >= 0.6 is 0 Å². The van der Waals surface area contributed by atoms with Crippen molar-refractivity contribution in [1.82, 2.24) is 9.80 Å². The third-order valence-corrected chi connectivity index (χ3v) is 8.35. The summed E-state index contributed by atoms with van der Waals surface area (Å²) in [6, 6.07) is 11.0. The monoisotopic (exact) mass is 514 g/mol. The summed E-state index contributed by atoms with van der Waals surface area (Å²) in [6.45, 7) is 5.37. The lowest BCUT2D eigenvalue weighted by Crippen LogP contribution is -2.36. The van der Waals surface area contributed by atoms with Crippen LogP contribution in [0.25, 0.3) is 0 Å². The van der Waals surface area contributed by atoms with E-state index in [1.54, 1.807) is 17.0 Å². The summed E-state index contributed by atoms with van der Waals surface area (Å²) in [6.07, 6.45) is 6.96. The number of alkyl halides is 3. The van der Waals surface area contributed by atoms with E-state index >= 15 is 0 Å². The standard InChI is InChI=1S/C30H37F3N2O2/c1-21-16-24(17-22-6-4-14-34(15-5-7-22)26-8-2-3-9-26)18-25-20-35(29(36)28(21)25)19-23-10-12-27(13-11-23)37-30(31,32)33/h10-13,16,18,22,26H,2-9,14-15,17,19-20H2,1H3. The Balaban J connectivity index is 1.19. The average Bonchev–Trinajstić information content (AvgIpc) is 3.45. The van der Waals surface area contributed by atoms with E-state index in [1.807, 2.05) is 6.92 Å². The van der Waals surface area contributed by atoms with Gasteiger partial charge in [0.15, 0.2) is 0 Å². The molecule has 0 N–H and O–H groups in total. The number of amides is 1. The first kappa shape index (κ1) is 26.1. The van der Waals surface area contributed by atoms with E-state index in [2.05, 4.69) is 21.8 Å². The largest absolute Gasteiger partial charge is 0.573 e.